The van der Waals surface area contributed by atoms with Gasteiger partial charge in [0.15, 0.2) is 5.82 Å². The SMILES string of the molecule is CC[C@@H]1C[C@]1(NC(=O)[C@@H]1C[C@@H](Oc2cc(-n3ccc(NC(C)C)n3)nc3cc(OC)ccc23)CN1C(=O)C(NC(=O)O[C@@H]1C[C@@H]2C[C@@H]2C1)C(C)(C)C)C(=O)O. The molecule has 15 nitrogen and oxygen atoms in total. The van der Waals surface area contributed by atoms with E-state index in [1.807, 2.05) is 53.7 Å². The monoisotopic (exact) mass is 759 g/mol. The van der Waals surface area contributed by atoms with Gasteiger partial charge in [-0.05, 0) is 74.8 Å². The number of amides is 3. The van der Waals surface area contributed by atoms with Crippen molar-refractivity contribution in [1.29, 1.82) is 0 Å². The second kappa shape index (κ2) is 14.5. The lowest BCUT2D eigenvalue weighted by molar-refractivity contribution is -0.146. The molecule has 1 aromatic carbocycles. The van der Waals surface area contributed by atoms with Gasteiger partial charge in [-0.1, -0.05) is 34.1 Å². The smallest absolute Gasteiger partial charge is 0.408 e. The molecule has 7 rings (SSSR count). The van der Waals surface area contributed by atoms with E-state index in [4.69, 9.17) is 19.2 Å². The van der Waals surface area contributed by atoms with Crippen LogP contribution in [0.5, 0.6) is 11.5 Å². The maximum atomic E-state index is 14.6. The zero-order valence-electron chi connectivity index (χ0n) is 32.6. The van der Waals surface area contributed by atoms with E-state index in [0.717, 1.165) is 12.8 Å². The third-order valence-electron chi connectivity index (χ3n) is 11.5. The molecular formula is C40H53N7O8. The van der Waals surface area contributed by atoms with E-state index in [1.165, 1.54) is 11.3 Å². The standard InChI is InChI=1S/C40H53N7O8/c1-8-24-19-40(24,37(50)51)44-35(48)30-17-27(20-46(30)36(49)34(39(4,5)6)43-38(52)55-26-14-22-13-23(22)15-26)54-31-18-33(47-12-11-32(45-47)41-21(2)3)42-29-16-25(53-7)9-10-28(29)31/h9-12,16,18,21-24,26-27,30,34H,8,13-15,17,19-20H2,1-7H3,(H,41,45)(H,43,52)(H,44,48)(H,50,51)/t22-,23+,24-,26+,27-,30+,34?,40-/m1/s1. The Morgan fingerprint density at radius 3 is 2.42 bits per heavy atom. The number of aliphatic carboxylic acids is 1. The van der Waals surface area contributed by atoms with Gasteiger partial charge in [0.25, 0.3) is 0 Å². The first-order chi connectivity index (χ1) is 26.1. The summed E-state index contributed by atoms with van der Waals surface area (Å²) >= 11 is 0. The van der Waals surface area contributed by atoms with Crippen molar-refractivity contribution in [2.45, 2.75) is 116 Å². The number of carboxylic acid groups (broad SMARTS) is 1. The number of ether oxygens (including phenoxy) is 3. The molecule has 1 aliphatic heterocycles. The zero-order chi connectivity index (χ0) is 39.4. The highest BCUT2D eigenvalue weighted by Gasteiger charge is 2.61. The van der Waals surface area contributed by atoms with Crippen LogP contribution in [0.3, 0.4) is 0 Å². The highest BCUT2D eigenvalue weighted by Crippen LogP contribution is 2.52. The fraction of sp³-hybridized carbons (Fsp3) is 0.600. The van der Waals surface area contributed by atoms with E-state index in [2.05, 4.69) is 21.0 Å². The van der Waals surface area contributed by atoms with Crippen LogP contribution in [-0.2, 0) is 19.1 Å². The molecule has 3 saturated carbocycles. The van der Waals surface area contributed by atoms with Gasteiger partial charge in [0.1, 0.15) is 47.1 Å². The zero-order valence-corrected chi connectivity index (χ0v) is 32.6. The summed E-state index contributed by atoms with van der Waals surface area (Å²) in [4.78, 5) is 60.7. The van der Waals surface area contributed by atoms with Gasteiger partial charge < -0.3 is 40.2 Å². The van der Waals surface area contributed by atoms with Gasteiger partial charge >= 0.3 is 12.1 Å². The second-order valence-corrected chi connectivity index (χ2v) is 17.1. The number of likely N-dealkylation sites (tertiary alicyclic amines) is 1. The molecule has 8 atom stereocenters. The first-order valence-electron chi connectivity index (χ1n) is 19.4. The van der Waals surface area contributed by atoms with Crippen LogP contribution >= 0.6 is 0 Å². The van der Waals surface area contributed by atoms with Gasteiger partial charge in [0.05, 0.1) is 19.2 Å². The topological polar surface area (TPSA) is 186 Å². The van der Waals surface area contributed by atoms with E-state index in [9.17, 15) is 24.3 Å². The van der Waals surface area contributed by atoms with Gasteiger partial charge in [0, 0.05) is 42.2 Å². The van der Waals surface area contributed by atoms with Crippen molar-refractivity contribution in [2.24, 2.45) is 23.2 Å². The van der Waals surface area contributed by atoms with Crippen LogP contribution in [-0.4, -0.2) is 98.2 Å². The van der Waals surface area contributed by atoms with E-state index in [-0.39, 0.29) is 31.0 Å². The summed E-state index contributed by atoms with van der Waals surface area (Å²) in [5.74, 6) is 1.05. The maximum absolute atomic E-state index is 14.6. The van der Waals surface area contributed by atoms with Crippen molar-refractivity contribution in [3.8, 4) is 17.3 Å². The Hall–Kier alpha value is -5.08. The minimum Gasteiger partial charge on any atom is -0.497 e. The minimum atomic E-state index is -1.39. The average molecular weight is 760 g/mol. The molecule has 0 bridgehead atoms. The summed E-state index contributed by atoms with van der Waals surface area (Å²) in [6.45, 7) is 11.4. The molecule has 0 spiro atoms. The molecule has 2 aromatic heterocycles. The van der Waals surface area contributed by atoms with Crippen molar-refractivity contribution in [3.05, 3.63) is 36.5 Å². The van der Waals surface area contributed by atoms with Gasteiger partial charge in [-0.25, -0.2) is 19.3 Å². The molecule has 296 valence electrons. The largest absolute Gasteiger partial charge is 0.497 e. The number of benzene rings is 1. The number of aromatic nitrogens is 3. The fourth-order valence-electron chi connectivity index (χ4n) is 8.35. The summed E-state index contributed by atoms with van der Waals surface area (Å²) in [5.41, 5.74) is -1.57. The molecule has 4 N–H and O–H groups in total. The molecule has 0 radical (unpaired) electrons. The van der Waals surface area contributed by atoms with Gasteiger partial charge in [0.2, 0.25) is 11.8 Å². The number of alkyl carbamates (subject to hydrolysis) is 1. The van der Waals surface area contributed by atoms with Crippen molar-refractivity contribution < 1.29 is 38.5 Å². The number of carbonyl (C=O) groups is 4. The Bertz CT molecular complexity index is 1970. The van der Waals surface area contributed by atoms with Crippen molar-refractivity contribution >= 4 is 40.6 Å². The summed E-state index contributed by atoms with van der Waals surface area (Å²) in [6.07, 6.45) is 4.07. The highest BCUT2D eigenvalue weighted by molar-refractivity contribution is 5.96. The Balaban J connectivity index is 1.18. The first kappa shape index (κ1) is 38.2. The Morgan fingerprint density at radius 2 is 1.78 bits per heavy atom. The molecule has 1 saturated heterocycles. The fourth-order valence-corrected chi connectivity index (χ4v) is 8.35. The van der Waals surface area contributed by atoms with Gasteiger partial charge in [-0.3, -0.25) is 9.59 Å². The van der Waals surface area contributed by atoms with Crippen LogP contribution in [0.1, 0.15) is 80.1 Å². The molecule has 15 heteroatoms. The molecule has 4 aliphatic rings. The van der Waals surface area contributed by atoms with Crippen LogP contribution in [0.2, 0.25) is 0 Å². The number of anilines is 1. The maximum Gasteiger partial charge on any atom is 0.408 e. The number of nitrogens with zero attached hydrogens (tertiary/aromatic N) is 4. The van der Waals surface area contributed by atoms with E-state index in [1.54, 1.807) is 36.2 Å². The normalized spacial score (nSPS) is 27.3. The average Bonchev–Trinajstić information content (AvgIpc) is 3.79. The van der Waals surface area contributed by atoms with Gasteiger partial charge in [-0.15, -0.1) is 5.10 Å². The third kappa shape index (κ3) is 7.88. The number of fused-ring (bicyclic) bond motifs is 2. The predicted molar refractivity (Wildman–Crippen MR) is 203 cm³/mol. The Kier molecular flexibility index (Phi) is 10.1. The molecule has 4 fully saturated rings. The number of rotatable bonds is 13. The Morgan fingerprint density at radius 1 is 1.04 bits per heavy atom. The lowest BCUT2D eigenvalue weighted by Crippen LogP contribution is -2.59. The van der Waals surface area contributed by atoms with Crippen LogP contribution in [0.25, 0.3) is 16.7 Å². The third-order valence-corrected chi connectivity index (χ3v) is 11.5. The van der Waals surface area contributed by atoms with Crippen LogP contribution in [0.4, 0.5) is 10.6 Å². The molecule has 3 heterocycles. The molecular weight excluding hydrogens is 706 g/mol. The number of carbonyl (C=O) groups excluding carboxylic acids is 3. The lowest BCUT2D eigenvalue weighted by Gasteiger charge is -2.35. The quantitative estimate of drug-likeness (QED) is 0.186. The van der Waals surface area contributed by atoms with Crippen LogP contribution in [0.15, 0.2) is 36.5 Å². The summed E-state index contributed by atoms with van der Waals surface area (Å²) < 4.78 is 19.6. The van der Waals surface area contributed by atoms with Crippen molar-refractivity contribution in [1.82, 2.24) is 30.3 Å². The van der Waals surface area contributed by atoms with Gasteiger partial charge in [-0.2, -0.15) is 0 Å². The van der Waals surface area contributed by atoms with E-state index < -0.39 is 53.0 Å². The summed E-state index contributed by atoms with van der Waals surface area (Å²) in [7, 11) is 1.57. The molecule has 55 heavy (non-hydrogen) atoms. The molecule has 3 aromatic rings. The lowest BCUT2D eigenvalue weighted by atomic mass is 9.85. The molecule has 3 aliphatic carbocycles. The highest BCUT2D eigenvalue weighted by atomic mass is 16.6. The first-order valence-corrected chi connectivity index (χ1v) is 19.4. The number of pyridine rings is 1. The van der Waals surface area contributed by atoms with Crippen LogP contribution in [0, 0.1) is 23.2 Å². The van der Waals surface area contributed by atoms with Crippen LogP contribution < -0.4 is 25.4 Å². The molecule has 1 unspecified atom stereocenters. The minimum absolute atomic E-state index is 0.00300. The number of nitrogens with one attached hydrogen (secondary N) is 3. The number of hydrogen-bond acceptors (Lipinski definition) is 10. The van der Waals surface area contributed by atoms with E-state index >= 15 is 0 Å². The second-order valence-electron chi connectivity index (χ2n) is 17.1. The van der Waals surface area contributed by atoms with E-state index in [0.29, 0.717) is 58.7 Å². The molecule has 3 amide bonds. The van der Waals surface area contributed by atoms with Crippen molar-refractivity contribution in [2.75, 3.05) is 19.0 Å². The summed E-state index contributed by atoms with van der Waals surface area (Å²) in [5, 5.41) is 24.4. The number of hydrogen-bond donors (Lipinski definition) is 4. The predicted octanol–water partition coefficient (Wildman–Crippen LogP) is 4.91. The number of methoxy groups -OCH3 is 1. The number of carboxylic acids is 1. The Labute approximate surface area is 320 Å². The van der Waals surface area contributed by atoms with Crippen molar-refractivity contribution in [3.63, 3.8) is 0 Å². The summed E-state index contributed by atoms with van der Waals surface area (Å²) in [6, 6.07) is 7.10.